The number of carbonyl (C=O) groups excluding carboxylic acids is 1. The Labute approximate surface area is 109 Å². The molecule has 0 fully saturated rings. The van der Waals surface area contributed by atoms with Crippen LogP contribution in [0.3, 0.4) is 0 Å². The second-order valence-electron chi connectivity index (χ2n) is 4.56. The second-order valence-corrected chi connectivity index (χ2v) is 4.56. The Bertz CT molecular complexity index is 374. The highest BCUT2D eigenvalue weighted by atomic mass is 16.5. The molecule has 0 spiro atoms. The summed E-state index contributed by atoms with van der Waals surface area (Å²) >= 11 is 0. The first kappa shape index (κ1) is 14.5. The molecule has 0 aromatic heterocycles. The van der Waals surface area contributed by atoms with E-state index in [-0.39, 0.29) is 12.0 Å². The molecular formula is C14H22N2O2. The monoisotopic (exact) mass is 250 g/mol. The molecule has 0 radical (unpaired) electrons. The summed E-state index contributed by atoms with van der Waals surface area (Å²) in [6, 6.07) is 7.23. The van der Waals surface area contributed by atoms with E-state index < -0.39 is 0 Å². The number of ether oxygens (including phenoxy) is 1. The summed E-state index contributed by atoms with van der Waals surface area (Å²) in [6.07, 6.45) is 0.954. The Morgan fingerprint density at radius 2 is 1.94 bits per heavy atom. The van der Waals surface area contributed by atoms with Gasteiger partial charge in [-0.3, -0.25) is 4.79 Å². The molecule has 4 nitrogen and oxygen atoms in total. The zero-order chi connectivity index (χ0) is 13.5. The first-order valence-corrected chi connectivity index (χ1v) is 6.27. The molecule has 4 heteroatoms. The molecule has 1 rings (SSSR count). The number of amides is 1. The smallest absolute Gasteiger partial charge is 0.253 e. The summed E-state index contributed by atoms with van der Waals surface area (Å²) in [5.74, 6) is 0.797. The van der Waals surface area contributed by atoms with Crippen LogP contribution >= 0.6 is 0 Å². The minimum atomic E-state index is 0.0135. The maximum absolute atomic E-state index is 12.0. The van der Waals surface area contributed by atoms with Crippen LogP contribution in [-0.4, -0.2) is 37.0 Å². The quantitative estimate of drug-likeness (QED) is 0.839. The van der Waals surface area contributed by atoms with Gasteiger partial charge in [-0.05, 0) is 51.1 Å². The number of carbonyl (C=O) groups is 1. The van der Waals surface area contributed by atoms with E-state index in [0.29, 0.717) is 18.7 Å². The van der Waals surface area contributed by atoms with Gasteiger partial charge in [0, 0.05) is 19.2 Å². The Kier molecular flexibility index (Phi) is 5.65. The molecule has 0 bridgehead atoms. The molecular weight excluding hydrogens is 228 g/mol. The van der Waals surface area contributed by atoms with E-state index in [1.54, 1.807) is 24.1 Å². The van der Waals surface area contributed by atoms with Crippen LogP contribution in [0, 0.1) is 0 Å². The highest BCUT2D eigenvalue weighted by molar-refractivity contribution is 5.94. The van der Waals surface area contributed by atoms with E-state index in [2.05, 4.69) is 0 Å². The molecule has 0 atom stereocenters. The molecule has 0 heterocycles. The lowest BCUT2D eigenvalue weighted by atomic mass is 10.2. The van der Waals surface area contributed by atoms with Gasteiger partial charge >= 0.3 is 0 Å². The predicted molar refractivity (Wildman–Crippen MR) is 72.8 cm³/mol. The fraction of sp³-hybridized carbons (Fsp3) is 0.500. The number of hydrogen-bond donors (Lipinski definition) is 1. The highest BCUT2D eigenvalue weighted by Crippen LogP contribution is 2.14. The van der Waals surface area contributed by atoms with Crippen molar-refractivity contribution >= 4 is 5.91 Å². The number of nitrogens with zero attached hydrogens (tertiary/aromatic N) is 1. The number of hydrogen-bond acceptors (Lipinski definition) is 3. The van der Waals surface area contributed by atoms with Crippen molar-refractivity contribution in [1.29, 1.82) is 0 Å². The van der Waals surface area contributed by atoms with Crippen molar-refractivity contribution in [3.63, 3.8) is 0 Å². The lowest BCUT2D eigenvalue weighted by Gasteiger charge is -2.17. The molecule has 0 saturated heterocycles. The van der Waals surface area contributed by atoms with Gasteiger partial charge in [0.05, 0.1) is 6.10 Å². The van der Waals surface area contributed by atoms with Crippen molar-refractivity contribution < 1.29 is 9.53 Å². The maximum atomic E-state index is 12.0. The van der Waals surface area contributed by atoms with Gasteiger partial charge in [-0.15, -0.1) is 0 Å². The summed E-state index contributed by atoms with van der Waals surface area (Å²) in [5, 5.41) is 0. The summed E-state index contributed by atoms with van der Waals surface area (Å²) in [5.41, 5.74) is 6.10. The van der Waals surface area contributed by atoms with Crippen LogP contribution in [0.4, 0.5) is 0 Å². The first-order chi connectivity index (χ1) is 8.54. The van der Waals surface area contributed by atoms with Crippen molar-refractivity contribution in [2.75, 3.05) is 20.1 Å². The van der Waals surface area contributed by atoms with Crippen LogP contribution < -0.4 is 10.5 Å². The Morgan fingerprint density at radius 3 is 2.44 bits per heavy atom. The SMILES string of the molecule is CC(C)Oc1ccc(C(=O)N(C)CCCN)cc1. The van der Waals surface area contributed by atoms with E-state index in [1.165, 1.54) is 0 Å². The van der Waals surface area contributed by atoms with Gasteiger partial charge in [0.15, 0.2) is 0 Å². The molecule has 2 N–H and O–H groups in total. The van der Waals surface area contributed by atoms with E-state index >= 15 is 0 Å². The molecule has 0 aliphatic carbocycles. The minimum absolute atomic E-state index is 0.0135. The first-order valence-electron chi connectivity index (χ1n) is 6.27. The largest absolute Gasteiger partial charge is 0.491 e. The molecule has 100 valence electrons. The summed E-state index contributed by atoms with van der Waals surface area (Å²) < 4.78 is 5.53. The van der Waals surface area contributed by atoms with Crippen molar-refractivity contribution in [1.82, 2.24) is 4.90 Å². The van der Waals surface area contributed by atoms with Crippen LogP contribution in [0.2, 0.25) is 0 Å². The molecule has 1 amide bonds. The second kappa shape index (κ2) is 7.01. The van der Waals surface area contributed by atoms with Gasteiger partial charge in [0.1, 0.15) is 5.75 Å². The van der Waals surface area contributed by atoms with Crippen LogP contribution in [0.15, 0.2) is 24.3 Å². The van der Waals surface area contributed by atoms with E-state index in [9.17, 15) is 4.79 Å². The highest BCUT2D eigenvalue weighted by Gasteiger charge is 2.11. The molecule has 0 aliphatic heterocycles. The number of rotatable bonds is 6. The summed E-state index contributed by atoms with van der Waals surface area (Å²) in [4.78, 5) is 13.7. The van der Waals surface area contributed by atoms with E-state index in [4.69, 9.17) is 10.5 Å². The lowest BCUT2D eigenvalue weighted by Crippen LogP contribution is -2.28. The van der Waals surface area contributed by atoms with Gasteiger partial charge in [-0.2, -0.15) is 0 Å². The number of nitrogens with two attached hydrogens (primary N) is 1. The summed E-state index contributed by atoms with van der Waals surface area (Å²) in [6.45, 7) is 5.22. The van der Waals surface area contributed by atoms with Crippen LogP contribution in [-0.2, 0) is 0 Å². The van der Waals surface area contributed by atoms with Gasteiger partial charge in [-0.25, -0.2) is 0 Å². The van der Waals surface area contributed by atoms with Gasteiger partial charge in [0.2, 0.25) is 0 Å². The molecule has 18 heavy (non-hydrogen) atoms. The van der Waals surface area contributed by atoms with Crippen LogP contribution in [0.5, 0.6) is 5.75 Å². The molecule has 1 aromatic carbocycles. The van der Waals surface area contributed by atoms with Gasteiger partial charge in [0.25, 0.3) is 5.91 Å². The average Bonchev–Trinajstić information content (AvgIpc) is 2.35. The minimum Gasteiger partial charge on any atom is -0.491 e. The Morgan fingerprint density at radius 1 is 1.33 bits per heavy atom. The average molecular weight is 250 g/mol. The summed E-state index contributed by atoms with van der Waals surface area (Å²) in [7, 11) is 1.79. The molecule has 0 aliphatic rings. The van der Waals surface area contributed by atoms with E-state index in [0.717, 1.165) is 12.2 Å². The Balaban J connectivity index is 2.63. The van der Waals surface area contributed by atoms with Crippen LogP contribution in [0.1, 0.15) is 30.6 Å². The normalized spacial score (nSPS) is 10.5. The molecule has 1 aromatic rings. The molecule has 0 saturated carbocycles. The molecule has 0 unspecified atom stereocenters. The van der Waals surface area contributed by atoms with Crippen molar-refractivity contribution in [2.45, 2.75) is 26.4 Å². The Hall–Kier alpha value is -1.55. The zero-order valence-electron chi connectivity index (χ0n) is 11.3. The fourth-order valence-corrected chi connectivity index (χ4v) is 1.60. The third-order valence-corrected chi connectivity index (χ3v) is 2.52. The van der Waals surface area contributed by atoms with Gasteiger partial charge in [-0.1, -0.05) is 0 Å². The van der Waals surface area contributed by atoms with Gasteiger partial charge < -0.3 is 15.4 Å². The fourth-order valence-electron chi connectivity index (χ4n) is 1.60. The van der Waals surface area contributed by atoms with Crippen molar-refractivity contribution in [3.05, 3.63) is 29.8 Å². The van der Waals surface area contributed by atoms with Crippen molar-refractivity contribution in [2.24, 2.45) is 5.73 Å². The maximum Gasteiger partial charge on any atom is 0.253 e. The lowest BCUT2D eigenvalue weighted by molar-refractivity contribution is 0.0794. The third-order valence-electron chi connectivity index (χ3n) is 2.52. The standard InChI is InChI=1S/C14H22N2O2/c1-11(2)18-13-7-5-12(6-8-13)14(17)16(3)10-4-9-15/h5-8,11H,4,9-10,15H2,1-3H3. The predicted octanol–water partition coefficient (Wildman–Crippen LogP) is 1.89. The zero-order valence-corrected chi connectivity index (χ0v) is 11.3. The number of benzene rings is 1. The third kappa shape index (κ3) is 4.37. The topological polar surface area (TPSA) is 55.6 Å². The van der Waals surface area contributed by atoms with Crippen molar-refractivity contribution in [3.8, 4) is 5.75 Å². The van der Waals surface area contributed by atoms with E-state index in [1.807, 2.05) is 26.0 Å². The van der Waals surface area contributed by atoms with Crippen LogP contribution in [0.25, 0.3) is 0 Å².